The van der Waals surface area contributed by atoms with Crippen LogP contribution in [0.2, 0.25) is 0 Å². The summed E-state index contributed by atoms with van der Waals surface area (Å²) in [6.07, 6.45) is -13.2. The molecule has 0 aromatic carbocycles. The second-order valence-corrected chi connectivity index (χ2v) is 5.62. The van der Waals surface area contributed by atoms with Crippen molar-refractivity contribution in [3.05, 3.63) is 0 Å². The first-order chi connectivity index (χ1) is 8.24. The van der Waals surface area contributed by atoms with E-state index in [1.165, 1.54) is 6.92 Å². The van der Waals surface area contributed by atoms with E-state index in [1.54, 1.807) is 0 Å². The van der Waals surface area contributed by atoms with Gasteiger partial charge >= 0.3 is 20.1 Å². The van der Waals surface area contributed by atoms with Gasteiger partial charge in [0.05, 0.1) is 0 Å². The Labute approximate surface area is 105 Å². The predicted octanol–water partition coefficient (Wildman–Crippen LogP) is 2.92. The first-order valence-corrected chi connectivity index (χ1v) is 6.75. The van der Waals surface area contributed by atoms with Gasteiger partial charge in [0.15, 0.2) is 0 Å². The lowest BCUT2D eigenvalue weighted by molar-refractivity contribution is -0.173. The van der Waals surface area contributed by atoms with Gasteiger partial charge in [0.2, 0.25) is 0 Å². The van der Waals surface area contributed by atoms with Crippen LogP contribution in [-0.4, -0.2) is 39.9 Å². The summed E-state index contributed by atoms with van der Waals surface area (Å²) in [7, 11) is -4.86. The minimum atomic E-state index is -4.86. The Hall–Kier alpha value is -0.310. The fraction of sp³-hybridized carbons (Fsp3) is 1.00. The van der Waals surface area contributed by atoms with Crippen molar-refractivity contribution >= 4 is 7.75 Å². The fourth-order valence-electron chi connectivity index (χ4n) is 1.57. The number of nitrogens with zero attached hydrogens (tertiary/aromatic N) is 1. The monoisotopic (exact) mass is 317 g/mol. The van der Waals surface area contributed by atoms with E-state index in [9.17, 15) is 30.9 Å². The third-order valence-corrected chi connectivity index (χ3v) is 3.43. The molecule has 0 saturated heterocycles. The molecule has 0 unspecified atom stereocenters. The van der Waals surface area contributed by atoms with Crippen molar-refractivity contribution in [2.24, 2.45) is 5.92 Å². The van der Waals surface area contributed by atoms with E-state index < -0.39 is 45.4 Å². The molecule has 0 atom stereocenters. The molecule has 0 spiro atoms. The van der Waals surface area contributed by atoms with Crippen LogP contribution in [0.5, 0.6) is 0 Å². The van der Waals surface area contributed by atoms with Gasteiger partial charge in [-0.15, -0.1) is 0 Å². The minimum Gasteiger partial charge on any atom is -0.312 e. The van der Waals surface area contributed by atoms with Crippen LogP contribution in [0.15, 0.2) is 0 Å². The molecule has 2 N–H and O–H groups in total. The molecule has 4 nitrogen and oxygen atoms in total. The Morgan fingerprint density at radius 1 is 1.05 bits per heavy atom. The van der Waals surface area contributed by atoms with E-state index in [0.29, 0.717) is 4.67 Å². The van der Waals surface area contributed by atoms with Gasteiger partial charge < -0.3 is 9.79 Å². The van der Waals surface area contributed by atoms with E-state index in [2.05, 4.69) is 0 Å². The summed E-state index contributed by atoms with van der Waals surface area (Å²) in [5, 5.41) is 0. The maximum Gasteiger partial charge on any atom is 0.402 e. The molecule has 0 saturated carbocycles. The highest BCUT2D eigenvalue weighted by atomic mass is 31.2. The van der Waals surface area contributed by atoms with Gasteiger partial charge in [-0.25, -0.2) is 9.24 Å². The first kappa shape index (κ1) is 18.7. The van der Waals surface area contributed by atoms with Crippen LogP contribution >= 0.6 is 7.75 Å². The van der Waals surface area contributed by atoms with E-state index >= 15 is 0 Å². The SMILES string of the molecule is CCN(CC(CC(F)(F)F)CC(F)(F)F)P(=O)(O)O. The third-order valence-electron chi connectivity index (χ3n) is 2.24. The van der Waals surface area contributed by atoms with E-state index in [4.69, 9.17) is 9.79 Å². The molecule has 0 amide bonds. The molecule has 0 bridgehead atoms. The van der Waals surface area contributed by atoms with Gasteiger partial charge in [0.1, 0.15) is 0 Å². The molecular formula is C8H14F6NO3P. The number of alkyl halides is 6. The maximum atomic E-state index is 12.2. The average Bonchev–Trinajstić information content (AvgIpc) is 2.06. The minimum absolute atomic E-state index is 0.301. The second-order valence-electron chi connectivity index (χ2n) is 4.02. The fourth-order valence-corrected chi connectivity index (χ4v) is 2.39. The van der Waals surface area contributed by atoms with Crippen LogP contribution in [0, 0.1) is 5.92 Å². The largest absolute Gasteiger partial charge is 0.402 e. The Morgan fingerprint density at radius 3 is 1.63 bits per heavy atom. The molecule has 0 aliphatic rings. The average molecular weight is 317 g/mol. The second kappa shape index (κ2) is 6.43. The summed E-state index contributed by atoms with van der Waals surface area (Å²) in [4.78, 5) is 17.6. The van der Waals surface area contributed by atoms with Crippen molar-refractivity contribution in [2.75, 3.05) is 13.1 Å². The molecule has 116 valence electrons. The summed E-state index contributed by atoms with van der Waals surface area (Å²) >= 11 is 0. The number of halogens is 6. The Kier molecular flexibility index (Phi) is 6.32. The van der Waals surface area contributed by atoms with E-state index in [1.807, 2.05) is 0 Å². The molecule has 0 aromatic rings. The molecule has 11 heteroatoms. The highest BCUT2D eigenvalue weighted by Crippen LogP contribution is 2.42. The van der Waals surface area contributed by atoms with Crippen molar-refractivity contribution in [1.29, 1.82) is 0 Å². The van der Waals surface area contributed by atoms with E-state index in [-0.39, 0.29) is 6.54 Å². The summed E-state index contributed by atoms with van der Waals surface area (Å²) < 4.78 is 84.1. The summed E-state index contributed by atoms with van der Waals surface area (Å²) in [6, 6.07) is 0. The van der Waals surface area contributed by atoms with Crippen LogP contribution in [0.1, 0.15) is 19.8 Å². The third kappa shape index (κ3) is 9.26. The van der Waals surface area contributed by atoms with Crippen molar-refractivity contribution in [3.8, 4) is 0 Å². The van der Waals surface area contributed by atoms with Gasteiger partial charge in [-0.2, -0.15) is 26.3 Å². The molecule has 0 aliphatic carbocycles. The standard InChI is InChI=1S/C8H14F6NO3P/c1-2-15(19(16,17)18)5-6(3-7(9,10)11)4-8(12,13)14/h6H,2-5H2,1H3,(H2,16,17,18). The van der Waals surface area contributed by atoms with Gasteiger partial charge in [-0.3, -0.25) is 0 Å². The zero-order chi connectivity index (χ0) is 15.5. The summed E-state index contributed by atoms with van der Waals surface area (Å²) in [5.41, 5.74) is 0. The van der Waals surface area contributed by atoms with Crippen LogP contribution in [-0.2, 0) is 4.57 Å². The van der Waals surface area contributed by atoms with Gasteiger partial charge in [-0.1, -0.05) is 6.92 Å². The van der Waals surface area contributed by atoms with Crippen LogP contribution in [0.4, 0.5) is 26.3 Å². The summed E-state index contributed by atoms with van der Waals surface area (Å²) in [6.45, 7) is -0.0897. The lowest BCUT2D eigenvalue weighted by Crippen LogP contribution is -2.32. The summed E-state index contributed by atoms with van der Waals surface area (Å²) in [5.74, 6) is -1.95. The topological polar surface area (TPSA) is 60.8 Å². The Bertz CT molecular complexity index is 309. The quantitative estimate of drug-likeness (QED) is 0.584. The lowest BCUT2D eigenvalue weighted by atomic mass is 10.0. The van der Waals surface area contributed by atoms with Gasteiger partial charge in [0.25, 0.3) is 0 Å². The van der Waals surface area contributed by atoms with Crippen molar-refractivity contribution in [3.63, 3.8) is 0 Å². The van der Waals surface area contributed by atoms with Crippen LogP contribution < -0.4 is 0 Å². The molecule has 19 heavy (non-hydrogen) atoms. The van der Waals surface area contributed by atoms with Gasteiger partial charge in [0, 0.05) is 25.9 Å². The zero-order valence-corrected chi connectivity index (χ0v) is 10.8. The number of rotatable bonds is 6. The highest BCUT2D eigenvalue weighted by Gasteiger charge is 2.40. The molecule has 0 aromatic heterocycles. The van der Waals surface area contributed by atoms with Crippen molar-refractivity contribution in [1.82, 2.24) is 4.67 Å². The molecule has 0 fully saturated rings. The molecule has 0 radical (unpaired) electrons. The van der Waals surface area contributed by atoms with Crippen LogP contribution in [0.3, 0.4) is 0 Å². The molecule has 0 heterocycles. The number of hydrogen-bond donors (Lipinski definition) is 2. The van der Waals surface area contributed by atoms with E-state index in [0.717, 1.165) is 0 Å². The highest BCUT2D eigenvalue weighted by molar-refractivity contribution is 7.49. The molecule has 0 rings (SSSR count). The molecule has 0 aliphatic heterocycles. The normalized spacial score (nSPS) is 14.5. The first-order valence-electron chi connectivity index (χ1n) is 5.19. The van der Waals surface area contributed by atoms with Crippen molar-refractivity contribution in [2.45, 2.75) is 32.1 Å². The molecular weight excluding hydrogens is 303 g/mol. The Balaban J connectivity index is 4.89. The maximum absolute atomic E-state index is 12.2. The van der Waals surface area contributed by atoms with Crippen LogP contribution in [0.25, 0.3) is 0 Å². The number of hydrogen-bond acceptors (Lipinski definition) is 1. The lowest BCUT2D eigenvalue weighted by Gasteiger charge is -2.27. The smallest absolute Gasteiger partial charge is 0.312 e. The predicted molar refractivity (Wildman–Crippen MR) is 54.1 cm³/mol. The van der Waals surface area contributed by atoms with Crippen molar-refractivity contribution < 1.29 is 40.7 Å². The van der Waals surface area contributed by atoms with Gasteiger partial charge in [-0.05, 0) is 5.92 Å². The Morgan fingerprint density at radius 2 is 1.42 bits per heavy atom. The zero-order valence-electron chi connectivity index (χ0n) is 9.87.